The minimum atomic E-state index is -0.171. The second kappa shape index (κ2) is 7.68. The molecule has 6 heteroatoms. The lowest BCUT2D eigenvalue weighted by molar-refractivity contribution is 0.0785. The number of fused-ring (bicyclic) bond motifs is 1. The van der Waals surface area contributed by atoms with Gasteiger partial charge in [-0.3, -0.25) is 4.79 Å². The number of halogens is 1. The van der Waals surface area contributed by atoms with Crippen LogP contribution in [0.4, 0.5) is 0 Å². The lowest BCUT2D eigenvalue weighted by atomic mass is 10.1. The van der Waals surface area contributed by atoms with E-state index in [1.807, 2.05) is 68.4 Å². The second-order valence-corrected chi connectivity index (χ2v) is 7.54. The van der Waals surface area contributed by atoms with Crippen LogP contribution in [0, 0.1) is 13.8 Å². The Morgan fingerprint density at radius 3 is 2.45 bits per heavy atom. The van der Waals surface area contributed by atoms with Gasteiger partial charge in [0.25, 0.3) is 5.91 Å². The fourth-order valence-electron chi connectivity index (χ4n) is 3.36. The summed E-state index contributed by atoms with van der Waals surface area (Å²) in [6, 6.07) is 17.9. The molecule has 0 aliphatic carbocycles. The Morgan fingerprint density at radius 1 is 1.07 bits per heavy atom. The highest BCUT2D eigenvalue weighted by Crippen LogP contribution is 2.30. The van der Waals surface area contributed by atoms with Crippen LogP contribution in [0.5, 0.6) is 0 Å². The van der Waals surface area contributed by atoms with E-state index in [9.17, 15) is 4.79 Å². The zero-order valence-corrected chi connectivity index (χ0v) is 17.3. The molecule has 0 N–H and O–H groups in total. The van der Waals surface area contributed by atoms with Gasteiger partial charge in [-0.05, 0) is 31.5 Å². The minimum Gasteiger partial charge on any atom is -0.337 e. The SMILES string of the molecule is Cc1ccc(-n2nc(C)c3c(Cl)c(C(=O)N(C)Cc4ccccc4)cnc32)cc1. The third-order valence-electron chi connectivity index (χ3n) is 4.93. The zero-order valence-electron chi connectivity index (χ0n) is 16.6. The average molecular weight is 405 g/mol. The highest BCUT2D eigenvalue weighted by Gasteiger charge is 2.22. The summed E-state index contributed by atoms with van der Waals surface area (Å²) in [5, 5.41) is 5.69. The number of carbonyl (C=O) groups excluding carboxylic acids is 1. The van der Waals surface area contributed by atoms with Crippen molar-refractivity contribution in [2.45, 2.75) is 20.4 Å². The first kappa shape index (κ1) is 19.2. The summed E-state index contributed by atoms with van der Waals surface area (Å²) in [4.78, 5) is 19.2. The smallest absolute Gasteiger partial charge is 0.257 e. The number of pyridine rings is 1. The summed E-state index contributed by atoms with van der Waals surface area (Å²) in [6.45, 7) is 4.41. The summed E-state index contributed by atoms with van der Waals surface area (Å²) >= 11 is 6.67. The maximum absolute atomic E-state index is 13.0. The number of amides is 1. The Morgan fingerprint density at radius 2 is 1.76 bits per heavy atom. The molecule has 29 heavy (non-hydrogen) atoms. The molecule has 146 valence electrons. The fraction of sp³-hybridized carbons (Fsp3) is 0.174. The lowest BCUT2D eigenvalue weighted by Gasteiger charge is -2.18. The molecule has 0 atom stereocenters. The van der Waals surface area contributed by atoms with Crippen molar-refractivity contribution in [1.82, 2.24) is 19.7 Å². The Labute approximate surface area is 174 Å². The molecule has 4 rings (SSSR count). The summed E-state index contributed by atoms with van der Waals surface area (Å²) in [6.07, 6.45) is 1.54. The van der Waals surface area contributed by atoms with E-state index in [-0.39, 0.29) is 5.91 Å². The third kappa shape index (κ3) is 3.61. The van der Waals surface area contributed by atoms with Gasteiger partial charge in [-0.2, -0.15) is 5.10 Å². The first-order valence-corrected chi connectivity index (χ1v) is 9.74. The largest absolute Gasteiger partial charge is 0.337 e. The number of nitrogens with zero attached hydrogens (tertiary/aromatic N) is 4. The Hall–Kier alpha value is -3.18. The van der Waals surface area contributed by atoms with E-state index in [1.54, 1.807) is 22.8 Å². The van der Waals surface area contributed by atoms with E-state index >= 15 is 0 Å². The highest BCUT2D eigenvalue weighted by atomic mass is 35.5. The molecule has 0 bridgehead atoms. The molecule has 5 nitrogen and oxygen atoms in total. The van der Waals surface area contributed by atoms with Crippen molar-refractivity contribution >= 4 is 28.5 Å². The molecule has 4 aromatic rings. The van der Waals surface area contributed by atoms with Gasteiger partial charge in [0.05, 0.1) is 27.4 Å². The average Bonchev–Trinajstić information content (AvgIpc) is 3.06. The maximum atomic E-state index is 13.0. The van der Waals surface area contributed by atoms with Crippen LogP contribution in [0.2, 0.25) is 5.02 Å². The van der Waals surface area contributed by atoms with Crippen molar-refractivity contribution in [1.29, 1.82) is 0 Å². The van der Waals surface area contributed by atoms with Crippen LogP contribution in [0.25, 0.3) is 16.7 Å². The predicted octanol–water partition coefficient (Wildman–Crippen LogP) is 4.96. The number of aryl methyl sites for hydroxylation is 2. The Bertz CT molecular complexity index is 1180. The van der Waals surface area contributed by atoms with Gasteiger partial charge < -0.3 is 4.90 Å². The molecule has 0 aliphatic heterocycles. The van der Waals surface area contributed by atoms with Crippen LogP contribution in [-0.4, -0.2) is 32.6 Å². The molecule has 0 spiro atoms. The van der Waals surface area contributed by atoms with Crippen LogP contribution < -0.4 is 0 Å². The molecule has 0 aliphatic rings. The van der Waals surface area contributed by atoms with E-state index in [2.05, 4.69) is 10.1 Å². The van der Waals surface area contributed by atoms with Gasteiger partial charge >= 0.3 is 0 Å². The normalized spacial score (nSPS) is 11.0. The van der Waals surface area contributed by atoms with E-state index in [4.69, 9.17) is 11.6 Å². The number of carbonyl (C=O) groups is 1. The first-order chi connectivity index (χ1) is 14.0. The van der Waals surface area contributed by atoms with Gasteiger partial charge in [-0.25, -0.2) is 9.67 Å². The fourth-order valence-corrected chi connectivity index (χ4v) is 3.71. The monoisotopic (exact) mass is 404 g/mol. The number of benzene rings is 2. The standard InChI is InChI=1S/C23H21ClN4O/c1-15-9-11-18(12-10-15)28-22-20(16(2)26-28)21(24)19(13-25-22)23(29)27(3)14-17-7-5-4-6-8-17/h4-13H,14H2,1-3H3. The number of aromatic nitrogens is 3. The van der Waals surface area contributed by atoms with E-state index in [0.717, 1.165) is 16.9 Å². The summed E-state index contributed by atoms with van der Waals surface area (Å²) in [5.41, 5.74) is 4.87. The zero-order chi connectivity index (χ0) is 20.5. The second-order valence-electron chi connectivity index (χ2n) is 7.16. The van der Waals surface area contributed by atoms with Gasteiger partial charge in [0.1, 0.15) is 0 Å². The molecule has 0 saturated heterocycles. The molecule has 0 radical (unpaired) electrons. The van der Waals surface area contributed by atoms with Crippen molar-refractivity contribution in [3.8, 4) is 5.69 Å². The maximum Gasteiger partial charge on any atom is 0.257 e. The van der Waals surface area contributed by atoms with E-state index in [1.165, 1.54) is 5.56 Å². The molecule has 0 saturated carbocycles. The van der Waals surface area contributed by atoms with Crippen LogP contribution in [0.3, 0.4) is 0 Å². The van der Waals surface area contributed by atoms with Crippen molar-refractivity contribution < 1.29 is 4.79 Å². The van der Waals surface area contributed by atoms with E-state index in [0.29, 0.717) is 28.2 Å². The van der Waals surface area contributed by atoms with Crippen LogP contribution in [0.1, 0.15) is 27.2 Å². The third-order valence-corrected chi connectivity index (χ3v) is 5.32. The van der Waals surface area contributed by atoms with Gasteiger partial charge in [0, 0.05) is 19.8 Å². The highest BCUT2D eigenvalue weighted by molar-refractivity contribution is 6.38. The summed E-state index contributed by atoms with van der Waals surface area (Å²) in [7, 11) is 1.76. The van der Waals surface area contributed by atoms with Crippen molar-refractivity contribution in [2.24, 2.45) is 0 Å². The van der Waals surface area contributed by atoms with Crippen LogP contribution in [-0.2, 0) is 6.54 Å². The number of rotatable bonds is 4. The van der Waals surface area contributed by atoms with Gasteiger partial charge in [0.15, 0.2) is 5.65 Å². The van der Waals surface area contributed by atoms with Crippen molar-refractivity contribution in [3.05, 3.63) is 88.2 Å². The Balaban J connectivity index is 1.72. The molecular formula is C23H21ClN4O. The number of hydrogen-bond acceptors (Lipinski definition) is 3. The summed E-state index contributed by atoms with van der Waals surface area (Å²) in [5.74, 6) is -0.171. The Kier molecular flexibility index (Phi) is 5.07. The first-order valence-electron chi connectivity index (χ1n) is 9.36. The van der Waals surface area contributed by atoms with E-state index < -0.39 is 0 Å². The van der Waals surface area contributed by atoms with Gasteiger partial charge in [-0.15, -0.1) is 0 Å². The molecular weight excluding hydrogens is 384 g/mol. The van der Waals surface area contributed by atoms with Crippen LogP contribution in [0.15, 0.2) is 60.8 Å². The topological polar surface area (TPSA) is 51.0 Å². The molecule has 0 fully saturated rings. The van der Waals surface area contributed by atoms with Crippen LogP contribution >= 0.6 is 11.6 Å². The molecule has 2 aromatic heterocycles. The molecule has 2 heterocycles. The molecule has 0 unspecified atom stereocenters. The number of hydrogen-bond donors (Lipinski definition) is 0. The van der Waals surface area contributed by atoms with Gasteiger partial charge in [-0.1, -0.05) is 59.6 Å². The molecule has 2 aromatic carbocycles. The molecule has 1 amide bonds. The minimum absolute atomic E-state index is 0.171. The van der Waals surface area contributed by atoms with Crippen molar-refractivity contribution in [2.75, 3.05) is 7.05 Å². The van der Waals surface area contributed by atoms with Crippen molar-refractivity contribution in [3.63, 3.8) is 0 Å². The van der Waals surface area contributed by atoms with Gasteiger partial charge in [0.2, 0.25) is 0 Å². The lowest BCUT2D eigenvalue weighted by Crippen LogP contribution is -2.26. The quantitative estimate of drug-likeness (QED) is 0.483. The predicted molar refractivity (Wildman–Crippen MR) is 116 cm³/mol. The summed E-state index contributed by atoms with van der Waals surface area (Å²) < 4.78 is 1.76.